The monoisotopic (exact) mass is 460 g/mol. The van der Waals surface area contributed by atoms with Crippen LogP contribution in [0.3, 0.4) is 0 Å². The van der Waals surface area contributed by atoms with Crippen LogP contribution >= 0.6 is 0 Å². The lowest BCUT2D eigenvalue weighted by molar-refractivity contribution is -0.0190. The fraction of sp³-hybridized carbons (Fsp3) is 0.565. The summed E-state index contributed by atoms with van der Waals surface area (Å²) in [5, 5.41) is 12.9. The Labute approximate surface area is 193 Å². The molecule has 1 aliphatic heterocycles. The molecule has 0 saturated carbocycles. The highest BCUT2D eigenvalue weighted by Crippen LogP contribution is 2.21. The van der Waals surface area contributed by atoms with E-state index < -0.39 is 5.60 Å². The molecule has 1 aromatic carbocycles. The summed E-state index contributed by atoms with van der Waals surface area (Å²) >= 11 is 0. The van der Waals surface area contributed by atoms with Gasteiger partial charge in [0.15, 0.2) is 5.82 Å². The summed E-state index contributed by atoms with van der Waals surface area (Å²) < 4.78 is 16.7. The highest BCUT2D eigenvalue weighted by molar-refractivity contribution is 5.94. The number of benzene rings is 1. The fourth-order valence-electron chi connectivity index (χ4n) is 3.38. The Morgan fingerprint density at radius 3 is 2.48 bits per heavy atom. The van der Waals surface area contributed by atoms with Crippen molar-refractivity contribution >= 4 is 12.0 Å². The van der Waals surface area contributed by atoms with E-state index >= 15 is 0 Å². The van der Waals surface area contributed by atoms with E-state index in [0.29, 0.717) is 48.8 Å². The van der Waals surface area contributed by atoms with Crippen LogP contribution in [0.2, 0.25) is 0 Å². The van der Waals surface area contributed by atoms with Crippen LogP contribution in [-0.4, -0.2) is 82.0 Å². The summed E-state index contributed by atoms with van der Waals surface area (Å²) in [6.07, 6.45) is 1.14. The van der Waals surface area contributed by atoms with Gasteiger partial charge in [-0.2, -0.15) is 4.98 Å². The van der Waals surface area contributed by atoms with Gasteiger partial charge in [0.1, 0.15) is 12.2 Å². The molecule has 2 aromatic rings. The van der Waals surface area contributed by atoms with E-state index in [-0.39, 0.29) is 37.9 Å². The third-order valence-electron chi connectivity index (χ3n) is 5.17. The number of hydrogen-bond donors (Lipinski definition) is 1. The number of aliphatic hydroxyl groups is 1. The number of carbonyl (C=O) groups excluding carboxylic acids is 2. The zero-order valence-electron chi connectivity index (χ0n) is 19.6. The predicted molar refractivity (Wildman–Crippen MR) is 119 cm³/mol. The Kier molecular flexibility index (Phi) is 8.04. The third kappa shape index (κ3) is 7.00. The molecule has 0 spiro atoms. The quantitative estimate of drug-likeness (QED) is 0.670. The maximum absolute atomic E-state index is 12.3. The van der Waals surface area contributed by atoms with Crippen molar-refractivity contribution < 1.29 is 28.7 Å². The van der Waals surface area contributed by atoms with Gasteiger partial charge in [0.05, 0.1) is 12.7 Å². The van der Waals surface area contributed by atoms with Crippen molar-refractivity contribution in [2.24, 2.45) is 0 Å². The highest BCUT2D eigenvalue weighted by Gasteiger charge is 2.27. The molecule has 3 rings (SSSR count). The molecule has 0 bridgehead atoms. The molecule has 1 saturated heterocycles. The summed E-state index contributed by atoms with van der Waals surface area (Å²) in [5.74, 6) is 0.603. The number of nitrogens with zero attached hydrogens (tertiary/aromatic N) is 4. The number of likely N-dealkylation sites (N-methyl/N-ethyl adjacent to an activating group) is 1. The van der Waals surface area contributed by atoms with Crippen LogP contribution in [0.15, 0.2) is 28.8 Å². The van der Waals surface area contributed by atoms with Crippen LogP contribution in [0.1, 0.15) is 49.8 Å². The first-order valence-electron chi connectivity index (χ1n) is 11.0. The molecule has 2 heterocycles. The summed E-state index contributed by atoms with van der Waals surface area (Å²) in [6, 6.07) is 6.85. The summed E-state index contributed by atoms with van der Waals surface area (Å²) in [6.45, 7) is 7.11. The van der Waals surface area contributed by atoms with E-state index in [0.717, 1.165) is 0 Å². The molecular weight excluding hydrogens is 428 g/mol. The first-order valence-corrected chi connectivity index (χ1v) is 11.0. The van der Waals surface area contributed by atoms with Gasteiger partial charge in [0.25, 0.3) is 11.8 Å². The lowest BCUT2D eigenvalue weighted by atomic mass is 10.1. The van der Waals surface area contributed by atoms with Crippen molar-refractivity contribution in [2.45, 2.75) is 51.9 Å². The summed E-state index contributed by atoms with van der Waals surface area (Å²) in [7, 11) is 1.64. The SMILES string of the molecule is CN(CCO)C(=O)c1ccc(-c2nc(COC3CCN(C(=O)OC(C)(C)C)CC3)no2)cc1. The van der Waals surface area contributed by atoms with E-state index in [2.05, 4.69) is 10.1 Å². The molecule has 0 atom stereocenters. The minimum absolute atomic E-state index is 0.00634. The number of ether oxygens (including phenoxy) is 2. The Balaban J connectivity index is 1.48. The van der Waals surface area contributed by atoms with Gasteiger partial charge in [-0.1, -0.05) is 5.16 Å². The molecule has 10 nitrogen and oxygen atoms in total. The topological polar surface area (TPSA) is 118 Å². The average molecular weight is 461 g/mol. The average Bonchev–Trinajstić information content (AvgIpc) is 3.26. The van der Waals surface area contributed by atoms with E-state index in [1.54, 1.807) is 36.2 Å². The van der Waals surface area contributed by atoms with Gasteiger partial charge in [-0.05, 0) is 57.9 Å². The first kappa shape index (κ1) is 24.7. The zero-order valence-corrected chi connectivity index (χ0v) is 19.6. The second-order valence-electron chi connectivity index (χ2n) is 9.02. The molecule has 1 aromatic heterocycles. The molecule has 33 heavy (non-hydrogen) atoms. The molecule has 0 radical (unpaired) electrons. The number of aromatic nitrogens is 2. The number of aliphatic hydroxyl groups excluding tert-OH is 1. The number of hydrogen-bond acceptors (Lipinski definition) is 8. The molecular formula is C23H32N4O6. The van der Waals surface area contributed by atoms with Gasteiger partial charge in [-0.15, -0.1) is 0 Å². The molecule has 0 aliphatic carbocycles. The van der Waals surface area contributed by atoms with E-state index in [9.17, 15) is 9.59 Å². The van der Waals surface area contributed by atoms with Crippen molar-refractivity contribution in [1.29, 1.82) is 0 Å². The van der Waals surface area contributed by atoms with Crippen LogP contribution < -0.4 is 0 Å². The van der Waals surface area contributed by atoms with Crippen molar-refractivity contribution in [3.63, 3.8) is 0 Å². The second kappa shape index (κ2) is 10.8. The van der Waals surface area contributed by atoms with Crippen LogP contribution in [0, 0.1) is 0 Å². The highest BCUT2D eigenvalue weighted by atomic mass is 16.6. The minimum Gasteiger partial charge on any atom is -0.444 e. The number of piperidine rings is 1. The van der Waals surface area contributed by atoms with Crippen molar-refractivity contribution in [3.8, 4) is 11.5 Å². The van der Waals surface area contributed by atoms with E-state index in [1.165, 1.54) is 4.90 Å². The van der Waals surface area contributed by atoms with Crippen molar-refractivity contribution in [3.05, 3.63) is 35.7 Å². The molecule has 1 N–H and O–H groups in total. The summed E-state index contributed by atoms with van der Waals surface area (Å²) in [5.41, 5.74) is 0.698. The molecule has 1 aliphatic rings. The molecule has 180 valence electrons. The van der Waals surface area contributed by atoms with Gasteiger partial charge in [0.2, 0.25) is 0 Å². The lowest BCUT2D eigenvalue weighted by Crippen LogP contribution is -2.43. The smallest absolute Gasteiger partial charge is 0.410 e. The normalized spacial score (nSPS) is 14.9. The Bertz CT molecular complexity index is 929. The maximum Gasteiger partial charge on any atom is 0.410 e. The van der Waals surface area contributed by atoms with Crippen LogP contribution in [0.5, 0.6) is 0 Å². The van der Waals surface area contributed by atoms with Crippen molar-refractivity contribution in [1.82, 2.24) is 19.9 Å². The molecule has 0 unspecified atom stereocenters. The number of amides is 2. The summed E-state index contributed by atoms with van der Waals surface area (Å²) in [4.78, 5) is 31.9. The van der Waals surface area contributed by atoms with E-state index in [4.69, 9.17) is 19.1 Å². The number of likely N-dealkylation sites (tertiary alicyclic amines) is 1. The Morgan fingerprint density at radius 2 is 1.88 bits per heavy atom. The molecule has 2 amide bonds. The van der Waals surface area contributed by atoms with Gasteiger partial charge in [-0.25, -0.2) is 4.79 Å². The standard InChI is InChI=1S/C23H32N4O6/c1-23(2,3)32-22(30)27-11-9-18(10-12-27)31-15-19-24-20(33-25-19)16-5-7-17(8-6-16)21(29)26(4)13-14-28/h5-8,18,28H,9-15H2,1-4H3. The van der Waals surface area contributed by atoms with E-state index in [1.807, 2.05) is 20.8 Å². The predicted octanol–water partition coefficient (Wildman–Crippen LogP) is 2.72. The van der Waals surface area contributed by atoms with Gasteiger partial charge < -0.3 is 28.9 Å². The molecule has 10 heteroatoms. The van der Waals surface area contributed by atoms with Gasteiger partial charge >= 0.3 is 6.09 Å². The Hall–Kier alpha value is -2.98. The van der Waals surface area contributed by atoms with Gasteiger partial charge in [0, 0.05) is 37.8 Å². The largest absolute Gasteiger partial charge is 0.444 e. The minimum atomic E-state index is -0.507. The van der Waals surface area contributed by atoms with Gasteiger partial charge in [-0.3, -0.25) is 4.79 Å². The van der Waals surface area contributed by atoms with Crippen LogP contribution in [0.25, 0.3) is 11.5 Å². The second-order valence-corrected chi connectivity index (χ2v) is 9.02. The van der Waals surface area contributed by atoms with Crippen molar-refractivity contribution in [2.75, 3.05) is 33.3 Å². The zero-order chi connectivity index (χ0) is 24.0. The third-order valence-corrected chi connectivity index (χ3v) is 5.17. The molecule has 1 fully saturated rings. The lowest BCUT2D eigenvalue weighted by Gasteiger charge is -2.33. The Morgan fingerprint density at radius 1 is 1.21 bits per heavy atom. The number of rotatable bonds is 7. The fourth-order valence-corrected chi connectivity index (χ4v) is 3.38. The van der Waals surface area contributed by atoms with Crippen LogP contribution in [-0.2, 0) is 16.1 Å². The first-order chi connectivity index (χ1) is 15.7. The number of carbonyl (C=O) groups is 2. The maximum atomic E-state index is 12.3. The van der Waals surface area contributed by atoms with Crippen LogP contribution in [0.4, 0.5) is 4.79 Å².